The first-order chi connectivity index (χ1) is 9.60. The van der Waals surface area contributed by atoms with Crippen LogP contribution in [-0.4, -0.2) is 30.1 Å². The van der Waals surface area contributed by atoms with Gasteiger partial charge >= 0.3 is 0 Å². The van der Waals surface area contributed by atoms with Gasteiger partial charge in [0.2, 0.25) is 0 Å². The lowest BCUT2D eigenvalue weighted by molar-refractivity contribution is 0.0990. The first kappa shape index (κ1) is 15.3. The molecule has 0 aliphatic carbocycles. The van der Waals surface area contributed by atoms with Crippen molar-refractivity contribution >= 4 is 0 Å². The van der Waals surface area contributed by atoms with Gasteiger partial charge in [-0.05, 0) is 56.8 Å². The minimum atomic E-state index is 0.227. The molecule has 0 radical (unpaired) electrons. The summed E-state index contributed by atoms with van der Waals surface area (Å²) in [5, 5.41) is 0. The molecule has 2 N–H and O–H groups in total. The molecule has 2 unspecified atom stereocenters. The molecule has 0 bridgehead atoms. The quantitative estimate of drug-likeness (QED) is 0.898. The van der Waals surface area contributed by atoms with Gasteiger partial charge in [-0.15, -0.1) is 0 Å². The summed E-state index contributed by atoms with van der Waals surface area (Å²) >= 11 is 0. The second-order valence-corrected chi connectivity index (χ2v) is 6.20. The van der Waals surface area contributed by atoms with Crippen LogP contribution < -0.4 is 10.5 Å². The zero-order valence-corrected chi connectivity index (χ0v) is 13.0. The van der Waals surface area contributed by atoms with Crippen molar-refractivity contribution in [2.45, 2.75) is 52.3 Å². The van der Waals surface area contributed by atoms with Crippen LogP contribution in [0.15, 0.2) is 24.3 Å². The summed E-state index contributed by atoms with van der Waals surface area (Å²) in [4.78, 5) is 2.53. The van der Waals surface area contributed by atoms with Crippen LogP contribution in [0.1, 0.15) is 39.2 Å². The Bertz CT molecular complexity index is 402. The molecule has 1 aliphatic rings. The van der Waals surface area contributed by atoms with Crippen LogP contribution in [0.2, 0.25) is 0 Å². The molecule has 0 aromatic heterocycles. The highest BCUT2D eigenvalue weighted by atomic mass is 16.5. The summed E-state index contributed by atoms with van der Waals surface area (Å²) in [5.41, 5.74) is 7.30. The van der Waals surface area contributed by atoms with Crippen molar-refractivity contribution in [1.82, 2.24) is 4.90 Å². The van der Waals surface area contributed by atoms with E-state index in [-0.39, 0.29) is 6.10 Å². The number of nitrogens with zero attached hydrogens (tertiary/aromatic N) is 1. The average Bonchev–Trinajstić information content (AvgIpc) is 2.41. The Morgan fingerprint density at radius 1 is 1.30 bits per heavy atom. The molecule has 2 atom stereocenters. The van der Waals surface area contributed by atoms with Gasteiger partial charge in [0.15, 0.2) is 0 Å². The molecule has 1 aromatic carbocycles. The Morgan fingerprint density at radius 2 is 2.00 bits per heavy atom. The average molecular weight is 276 g/mol. The lowest BCUT2D eigenvalue weighted by atomic mass is 9.90. The van der Waals surface area contributed by atoms with E-state index in [4.69, 9.17) is 10.5 Å². The minimum absolute atomic E-state index is 0.227. The lowest BCUT2D eigenvalue weighted by Crippen LogP contribution is -2.47. The van der Waals surface area contributed by atoms with Crippen molar-refractivity contribution in [3.05, 3.63) is 29.8 Å². The highest BCUT2D eigenvalue weighted by molar-refractivity contribution is 5.27. The Labute approximate surface area is 123 Å². The van der Waals surface area contributed by atoms with Gasteiger partial charge in [-0.1, -0.05) is 19.1 Å². The van der Waals surface area contributed by atoms with Crippen molar-refractivity contribution in [3.63, 3.8) is 0 Å². The standard InChI is InChI=1S/C17H28N2O/c1-13(2)20-16-8-6-15(7-9-16)12-19-10-4-5-14(3)17(19)11-18/h6-9,13-14,17H,4-5,10-12,18H2,1-3H3. The van der Waals surface area contributed by atoms with Crippen LogP contribution in [0, 0.1) is 5.92 Å². The number of benzene rings is 1. The van der Waals surface area contributed by atoms with Gasteiger partial charge in [0, 0.05) is 19.1 Å². The molecule has 0 spiro atoms. The molecule has 20 heavy (non-hydrogen) atoms. The topological polar surface area (TPSA) is 38.5 Å². The van der Waals surface area contributed by atoms with Gasteiger partial charge in [0.1, 0.15) is 5.75 Å². The zero-order valence-electron chi connectivity index (χ0n) is 13.0. The molecule has 2 rings (SSSR count). The lowest BCUT2D eigenvalue weighted by Gasteiger charge is -2.39. The Hall–Kier alpha value is -1.06. The van der Waals surface area contributed by atoms with Gasteiger partial charge in [-0.25, -0.2) is 0 Å². The van der Waals surface area contributed by atoms with E-state index >= 15 is 0 Å². The third-order valence-electron chi connectivity index (χ3n) is 4.15. The second kappa shape index (κ2) is 7.09. The summed E-state index contributed by atoms with van der Waals surface area (Å²) in [5.74, 6) is 1.66. The van der Waals surface area contributed by atoms with Crippen molar-refractivity contribution in [1.29, 1.82) is 0 Å². The van der Waals surface area contributed by atoms with Gasteiger partial charge in [-0.3, -0.25) is 4.90 Å². The molecular weight excluding hydrogens is 248 g/mol. The first-order valence-corrected chi connectivity index (χ1v) is 7.80. The molecule has 1 heterocycles. The number of rotatable bonds is 5. The summed E-state index contributed by atoms with van der Waals surface area (Å²) in [6.45, 7) is 9.34. The van der Waals surface area contributed by atoms with E-state index in [1.54, 1.807) is 0 Å². The molecule has 112 valence electrons. The molecule has 1 fully saturated rings. The molecule has 1 saturated heterocycles. The largest absolute Gasteiger partial charge is 0.491 e. The van der Waals surface area contributed by atoms with Gasteiger partial charge in [-0.2, -0.15) is 0 Å². The third kappa shape index (κ3) is 3.97. The SMILES string of the molecule is CC(C)Oc1ccc(CN2CCCC(C)C2CN)cc1. The smallest absolute Gasteiger partial charge is 0.119 e. The number of piperidine rings is 1. The minimum Gasteiger partial charge on any atom is -0.491 e. The zero-order chi connectivity index (χ0) is 14.5. The van der Waals surface area contributed by atoms with E-state index in [2.05, 4.69) is 49.9 Å². The van der Waals surface area contributed by atoms with Crippen molar-refractivity contribution in [2.24, 2.45) is 11.7 Å². The van der Waals surface area contributed by atoms with Gasteiger partial charge in [0.25, 0.3) is 0 Å². The van der Waals surface area contributed by atoms with Crippen LogP contribution in [0.4, 0.5) is 0 Å². The predicted octanol–water partition coefficient (Wildman–Crippen LogP) is 3.03. The fourth-order valence-corrected chi connectivity index (χ4v) is 3.09. The Morgan fingerprint density at radius 3 is 2.60 bits per heavy atom. The number of hydrogen-bond acceptors (Lipinski definition) is 3. The fraction of sp³-hybridized carbons (Fsp3) is 0.647. The molecule has 0 amide bonds. The van der Waals surface area contributed by atoms with Gasteiger partial charge in [0.05, 0.1) is 6.10 Å². The maximum atomic E-state index is 5.95. The normalized spacial score (nSPS) is 24.1. The molecule has 0 saturated carbocycles. The van der Waals surface area contributed by atoms with Crippen molar-refractivity contribution < 1.29 is 4.74 Å². The Balaban J connectivity index is 1.98. The van der Waals surface area contributed by atoms with E-state index in [0.717, 1.165) is 25.4 Å². The van der Waals surface area contributed by atoms with Crippen LogP contribution >= 0.6 is 0 Å². The van der Waals surface area contributed by atoms with Crippen LogP contribution in [0.3, 0.4) is 0 Å². The van der Waals surface area contributed by atoms with E-state index in [9.17, 15) is 0 Å². The highest BCUT2D eigenvalue weighted by Gasteiger charge is 2.27. The molecule has 1 aliphatic heterocycles. The van der Waals surface area contributed by atoms with Crippen LogP contribution in [0.25, 0.3) is 0 Å². The molecule has 3 heteroatoms. The first-order valence-electron chi connectivity index (χ1n) is 7.80. The van der Waals surface area contributed by atoms with E-state index < -0.39 is 0 Å². The number of ether oxygens (including phenoxy) is 1. The summed E-state index contributed by atoms with van der Waals surface area (Å²) in [6, 6.07) is 9.01. The van der Waals surface area contributed by atoms with Crippen molar-refractivity contribution in [2.75, 3.05) is 13.1 Å². The fourth-order valence-electron chi connectivity index (χ4n) is 3.09. The highest BCUT2D eigenvalue weighted by Crippen LogP contribution is 2.25. The van der Waals surface area contributed by atoms with Gasteiger partial charge < -0.3 is 10.5 Å². The van der Waals surface area contributed by atoms with Crippen LogP contribution in [0.5, 0.6) is 5.75 Å². The van der Waals surface area contributed by atoms with E-state index in [1.807, 2.05) is 0 Å². The summed E-state index contributed by atoms with van der Waals surface area (Å²) in [6.07, 6.45) is 2.82. The maximum absolute atomic E-state index is 5.95. The second-order valence-electron chi connectivity index (χ2n) is 6.20. The number of nitrogens with two attached hydrogens (primary N) is 1. The Kier molecular flexibility index (Phi) is 5.44. The molecular formula is C17H28N2O. The van der Waals surface area contributed by atoms with E-state index in [1.165, 1.54) is 18.4 Å². The maximum Gasteiger partial charge on any atom is 0.119 e. The van der Waals surface area contributed by atoms with E-state index in [0.29, 0.717) is 12.0 Å². The molecule has 3 nitrogen and oxygen atoms in total. The van der Waals surface area contributed by atoms with Crippen LogP contribution in [-0.2, 0) is 6.54 Å². The van der Waals surface area contributed by atoms with Crippen molar-refractivity contribution in [3.8, 4) is 5.75 Å². The molecule has 1 aromatic rings. The summed E-state index contributed by atoms with van der Waals surface area (Å²) < 4.78 is 5.68. The third-order valence-corrected chi connectivity index (χ3v) is 4.15. The monoisotopic (exact) mass is 276 g/mol. The number of hydrogen-bond donors (Lipinski definition) is 1. The number of likely N-dealkylation sites (tertiary alicyclic amines) is 1. The summed E-state index contributed by atoms with van der Waals surface area (Å²) in [7, 11) is 0. The predicted molar refractivity (Wildman–Crippen MR) is 83.9 cm³/mol.